The molecule has 0 unspecified atom stereocenters. The molecule has 0 aromatic carbocycles. The van der Waals surface area contributed by atoms with Crippen LogP contribution >= 0.6 is 0 Å². The van der Waals surface area contributed by atoms with Gasteiger partial charge in [-0.25, -0.2) is 0 Å². The second-order valence-corrected chi connectivity index (χ2v) is 6.55. The summed E-state index contributed by atoms with van der Waals surface area (Å²) < 4.78 is 0. The lowest BCUT2D eigenvalue weighted by atomic mass is 9.95. The zero-order valence-electron chi connectivity index (χ0n) is 14.4. The van der Waals surface area contributed by atoms with E-state index in [4.69, 9.17) is 5.11 Å². The highest BCUT2D eigenvalue weighted by atomic mass is 16.4. The maximum Gasteiger partial charge on any atom is 0.303 e. The van der Waals surface area contributed by atoms with E-state index in [-0.39, 0.29) is 0 Å². The fourth-order valence-corrected chi connectivity index (χ4v) is 3.20. The normalized spacial score (nSPS) is 18.0. The molecular formula is C20H34O2. The molecule has 0 saturated carbocycles. The van der Waals surface area contributed by atoms with Crippen LogP contribution in [0.5, 0.6) is 0 Å². The van der Waals surface area contributed by atoms with Crippen LogP contribution in [0.15, 0.2) is 23.8 Å². The van der Waals surface area contributed by atoms with Crippen LogP contribution in [0.4, 0.5) is 0 Å². The second-order valence-electron chi connectivity index (χ2n) is 6.55. The minimum atomic E-state index is -0.664. The minimum Gasteiger partial charge on any atom is -0.481 e. The molecule has 22 heavy (non-hydrogen) atoms. The molecule has 0 amide bonds. The van der Waals surface area contributed by atoms with E-state index in [9.17, 15) is 4.79 Å². The smallest absolute Gasteiger partial charge is 0.303 e. The summed E-state index contributed by atoms with van der Waals surface area (Å²) in [5.41, 5.74) is 1.63. The molecule has 1 rings (SSSR count). The Morgan fingerprint density at radius 1 is 1.18 bits per heavy atom. The van der Waals surface area contributed by atoms with Crippen molar-refractivity contribution < 1.29 is 9.90 Å². The van der Waals surface area contributed by atoms with Crippen LogP contribution in [0.2, 0.25) is 0 Å². The van der Waals surface area contributed by atoms with Crippen molar-refractivity contribution in [3.8, 4) is 0 Å². The van der Waals surface area contributed by atoms with Crippen molar-refractivity contribution in [1.82, 2.24) is 0 Å². The SMILES string of the molecule is CCCCCCC=C[C@H]1CCC=C1CCCCCCC(=O)O. The number of carboxylic acid groups (broad SMARTS) is 1. The third-order valence-corrected chi connectivity index (χ3v) is 4.56. The molecule has 0 aromatic rings. The summed E-state index contributed by atoms with van der Waals surface area (Å²) in [6.07, 6.45) is 22.2. The molecule has 1 aliphatic carbocycles. The highest BCUT2D eigenvalue weighted by molar-refractivity contribution is 5.66. The fraction of sp³-hybridized carbons (Fsp3) is 0.750. The van der Waals surface area contributed by atoms with E-state index in [0.29, 0.717) is 12.3 Å². The van der Waals surface area contributed by atoms with Gasteiger partial charge in [-0.2, -0.15) is 0 Å². The molecule has 0 fully saturated rings. The molecule has 1 aliphatic rings. The van der Waals surface area contributed by atoms with Gasteiger partial charge in [-0.3, -0.25) is 4.79 Å². The van der Waals surface area contributed by atoms with E-state index in [2.05, 4.69) is 25.2 Å². The molecule has 0 radical (unpaired) electrons. The van der Waals surface area contributed by atoms with Crippen LogP contribution in [0.1, 0.15) is 90.4 Å². The monoisotopic (exact) mass is 306 g/mol. The van der Waals surface area contributed by atoms with Gasteiger partial charge in [-0.15, -0.1) is 0 Å². The average Bonchev–Trinajstić information content (AvgIpc) is 2.93. The summed E-state index contributed by atoms with van der Waals surface area (Å²) >= 11 is 0. The molecule has 126 valence electrons. The zero-order chi connectivity index (χ0) is 16.0. The zero-order valence-corrected chi connectivity index (χ0v) is 14.4. The third-order valence-electron chi connectivity index (χ3n) is 4.56. The van der Waals surface area contributed by atoms with E-state index in [1.54, 1.807) is 5.57 Å². The summed E-state index contributed by atoms with van der Waals surface area (Å²) in [4.78, 5) is 10.5. The predicted molar refractivity (Wildman–Crippen MR) is 94.0 cm³/mol. The van der Waals surface area contributed by atoms with Crippen molar-refractivity contribution in [2.24, 2.45) is 5.92 Å². The third kappa shape index (κ3) is 9.07. The molecule has 1 atom stereocenters. The molecular weight excluding hydrogens is 272 g/mol. The Kier molecular flexibility index (Phi) is 10.8. The average molecular weight is 306 g/mol. The first kappa shape index (κ1) is 19.0. The van der Waals surface area contributed by atoms with E-state index in [1.165, 1.54) is 57.8 Å². The number of carbonyl (C=O) groups is 1. The highest BCUT2D eigenvalue weighted by Gasteiger charge is 2.15. The van der Waals surface area contributed by atoms with Crippen molar-refractivity contribution in [3.63, 3.8) is 0 Å². The number of allylic oxidation sites excluding steroid dienone is 4. The number of hydrogen-bond donors (Lipinski definition) is 1. The largest absolute Gasteiger partial charge is 0.481 e. The van der Waals surface area contributed by atoms with Gasteiger partial charge in [0, 0.05) is 6.42 Å². The molecule has 0 saturated heterocycles. The van der Waals surface area contributed by atoms with Gasteiger partial charge in [0.1, 0.15) is 0 Å². The van der Waals surface area contributed by atoms with Crippen LogP contribution in [0, 0.1) is 5.92 Å². The predicted octanol–water partition coefficient (Wildman–Crippen LogP) is 6.27. The van der Waals surface area contributed by atoms with Crippen molar-refractivity contribution in [2.45, 2.75) is 90.4 Å². The summed E-state index contributed by atoms with van der Waals surface area (Å²) in [5, 5.41) is 8.61. The topological polar surface area (TPSA) is 37.3 Å². The number of rotatable bonds is 13. The Morgan fingerprint density at radius 3 is 2.73 bits per heavy atom. The Morgan fingerprint density at radius 2 is 1.95 bits per heavy atom. The Labute approximate surface area is 136 Å². The Hall–Kier alpha value is -1.05. The molecule has 1 N–H and O–H groups in total. The quantitative estimate of drug-likeness (QED) is 0.321. The van der Waals surface area contributed by atoms with Gasteiger partial charge in [0.05, 0.1) is 0 Å². The van der Waals surface area contributed by atoms with E-state index in [1.807, 2.05) is 0 Å². The maximum absolute atomic E-state index is 10.5. The number of hydrogen-bond acceptors (Lipinski definition) is 1. The van der Waals surface area contributed by atoms with Crippen LogP contribution in [0.3, 0.4) is 0 Å². The summed E-state index contributed by atoms with van der Waals surface area (Å²) in [6, 6.07) is 0. The van der Waals surface area contributed by atoms with Gasteiger partial charge in [0.15, 0.2) is 0 Å². The molecule has 2 nitrogen and oxygen atoms in total. The first-order valence-electron chi connectivity index (χ1n) is 9.31. The Balaban J connectivity index is 2.09. The fourth-order valence-electron chi connectivity index (χ4n) is 3.20. The van der Waals surface area contributed by atoms with E-state index >= 15 is 0 Å². The van der Waals surface area contributed by atoms with Gasteiger partial charge < -0.3 is 5.11 Å². The molecule has 0 spiro atoms. The standard InChI is InChI=1S/C20H34O2/c1-2-3-4-5-6-9-13-18-15-12-16-19(18)14-10-7-8-11-17-20(21)22/h9,13,16,18H,2-8,10-12,14-15,17H2,1H3,(H,21,22)/t18-/m0/s1. The lowest BCUT2D eigenvalue weighted by Gasteiger charge is -2.10. The lowest BCUT2D eigenvalue weighted by molar-refractivity contribution is -0.137. The van der Waals surface area contributed by atoms with Gasteiger partial charge >= 0.3 is 5.97 Å². The number of carboxylic acids is 1. The van der Waals surface area contributed by atoms with E-state index in [0.717, 1.165) is 19.3 Å². The maximum atomic E-state index is 10.5. The first-order chi connectivity index (χ1) is 10.7. The molecule has 0 bridgehead atoms. The van der Waals surface area contributed by atoms with Crippen molar-refractivity contribution in [3.05, 3.63) is 23.8 Å². The van der Waals surface area contributed by atoms with Crippen LogP contribution in [-0.2, 0) is 4.79 Å². The summed E-state index contributed by atoms with van der Waals surface area (Å²) in [5.74, 6) is 0.0211. The minimum absolute atomic E-state index is 0.325. The van der Waals surface area contributed by atoms with Crippen LogP contribution in [-0.4, -0.2) is 11.1 Å². The van der Waals surface area contributed by atoms with Gasteiger partial charge in [0.25, 0.3) is 0 Å². The number of aliphatic carboxylic acids is 1. The molecule has 0 aromatic heterocycles. The molecule has 0 heterocycles. The molecule has 2 heteroatoms. The van der Waals surface area contributed by atoms with Crippen LogP contribution < -0.4 is 0 Å². The number of unbranched alkanes of at least 4 members (excludes halogenated alkanes) is 7. The Bertz CT molecular complexity index is 355. The summed E-state index contributed by atoms with van der Waals surface area (Å²) in [7, 11) is 0. The second kappa shape index (κ2) is 12.5. The van der Waals surface area contributed by atoms with Gasteiger partial charge in [0.2, 0.25) is 0 Å². The molecule has 0 aliphatic heterocycles. The van der Waals surface area contributed by atoms with E-state index < -0.39 is 5.97 Å². The van der Waals surface area contributed by atoms with Crippen molar-refractivity contribution >= 4 is 5.97 Å². The highest BCUT2D eigenvalue weighted by Crippen LogP contribution is 2.31. The van der Waals surface area contributed by atoms with Gasteiger partial charge in [-0.1, -0.05) is 62.8 Å². The van der Waals surface area contributed by atoms with Crippen molar-refractivity contribution in [1.29, 1.82) is 0 Å². The van der Waals surface area contributed by atoms with Gasteiger partial charge in [-0.05, 0) is 50.9 Å². The summed E-state index contributed by atoms with van der Waals surface area (Å²) in [6.45, 7) is 2.26. The van der Waals surface area contributed by atoms with Crippen LogP contribution in [0.25, 0.3) is 0 Å². The van der Waals surface area contributed by atoms with Crippen molar-refractivity contribution in [2.75, 3.05) is 0 Å². The first-order valence-corrected chi connectivity index (χ1v) is 9.31. The lowest BCUT2D eigenvalue weighted by Crippen LogP contribution is -1.96.